The van der Waals surface area contributed by atoms with E-state index in [9.17, 15) is 0 Å². The Hall–Kier alpha value is -1.63. The zero-order valence-corrected chi connectivity index (χ0v) is 9.30. The first-order chi connectivity index (χ1) is 7.17. The van der Waals surface area contributed by atoms with E-state index in [0.717, 1.165) is 0 Å². The van der Waals surface area contributed by atoms with Crippen LogP contribution in [0.15, 0.2) is 6.20 Å². The summed E-state index contributed by atoms with van der Waals surface area (Å²) in [5, 5.41) is 2.82. The summed E-state index contributed by atoms with van der Waals surface area (Å²) in [5.74, 6) is 0.334. The number of hydrogen-bond donors (Lipinski definition) is 2. The Labute approximate surface area is 92.8 Å². The standard InChI is InChI=1S/C8H12N4O2S/c1-3-14-8-10-4-5(11-7(9)15)6(12-8)13-2/h4H,3H2,1-2H3,(H3,9,11,15). The number of ether oxygens (including phenoxy) is 2. The molecule has 0 aliphatic carbocycles. The predicted octanol–water partition coefficient (Wildman–Crippen LogP) is 0.539. The molecule has 0 bridgehead atoms. The SMILES string of the molecule is CCOc1ncc(NC(N)=S)c(OC)n1. The molecule has 0 spiro atoms. The molecule has 6 nitrogen and oxygen atoms in total. The number of nitrogens with two attached hydrogens (primary N) is 1. The number of methoxy groups -OCH3 is 1. The van der Waals surface area contributed by atoms with Crippen LogP contribution in [-0.2, 0) is 0 Å². The van der Waals surface area contributed by atoms with Gasteiger partial charge in [0, 0.05) is 0 Å². The molecule has 0 aliphatic heterocycles. The molecule has 1 aromatic rings. The number of aromatic nitrogens is 2. The van der Waals surface area contributed by atoms with Gasteiger partial charge in [-0.1, -0.05) is 0 Å². The van der Waals surface area contributed by atoms with Crippen LogP contribution in [0, 0.1) is 0 Å². The van der Waals surface area contributed by atoms with Crippen molar-refractivity contribution in [3.63, 3.8) is 0 Å². The van der Waals surface area contributed by atoms with Crippen molar-refractivity contribution in [1.29, 1.82) is 0 Å². The topological polar surface area (TPSA) is 82.3 Å². The molecule has 0 amide bonds. The lowest BCUT2D eigenvalue weighted by Crippen LogP contribution is -2.19. The number of hydrogen-bond acceptors (Lipinski definition) is 5. The highest BCUT2D eigenvalue weighted by Crippen LogP contribution is 2.22. The molecule has 1 rings (SSSR count). The van der Waals surface area contributed by atoms with Gasteiger partial charge in [0.05, 0.1) is 19.9 Å². The van der Waals surface area contributed by atoms with Gasteiger partial charge in [-0.3, -0.25) is 0 Å². The van der Waals surface area contributed by atoms with Crippen molar-refractivity contribution in [2.24, 2.45) is 5.73 Å². The lowest BCUT2D eigenvalue weighted by Gasteiger charge is -2.09. The zero-order valence-electron chi connectivity index (χ0n) is 8.48. The van der Waals surface area contributed by atoms with Gasteiger partial charge in [0.2, 0.25) is 5.88 Å². The van der Waals surface area contributed by atoms with Crippen LogP contribution in [0.1, 0.15) is 6.92 Å². The van der Waals surface area contributed by atoms with E-state index in [0.29, 0.717) is 18.2 Å². The van der Waals surface area contributed by atoms with Crippen molar-refractivity contribution in [2.45, 2.75) is 6.92 Å². The van der Waals surface area contributed by atoms with Gasteiger partial charge in [-0.15, -0.1) is 0 Å². The van der Waals surface area contributed by atoms with E-state index in [1.54, 1.807) is 0 Å². The lowest BCUT2D eigenvalue weighted by molar-refractivity contribution is 0.303. The molecular weight excluding hydrogens is 216 g/mol. The first kappa shape index (κ1) is 11.4. The highest BCUT2D eigenvalue weighted by Gasteiger charge is 2.08. The lowest BCUT2D eigenvalue weighted by atomic mass is 10.5. The van der Waals surface area contributed by atoms with E-state index in [4.69, 9.17) is 27.4 Å². The van der Waals surface area contributed by atoms with Gasteiger partial charge in [-0.25, -0.2) is 4.98 Å². The molecule has 0 unspecified atom stereocenters. The van der Waals surface area contributed by atoms with Gasteiger partial charge in [0.25, 0.3) is 0 Å². The van der Waals surface area contributed by atoms with Crippen molar-refractivity contribution in [1.82, 2.24) is 9.97 Å². The molecule has 82 valence electrons. The summed E-state index contributed by atoms with van der Waals surface area (Å²) < 4.78 is 10.1. The minimum Gasteiger partial charge on any atom is -0.479 e. The van der Waals surface area contributed by atoms with Crippen molar-refractivity contribution in [3.8, 4) is 11.9 Å². The third-order valence-corrected chi connectivity index (χ3v) is 1.56. The maximum atomic E-state index is 5.32. The minimum absolute atomic E-state index is 0.126. The molecule has 0 saturated heterocycles. The Kier molecular flexibility index (Phi) is 4.04. The largest absolute Gasteiger partial charge is 0.479 e. The fraction of sp³-hybridized carbons (Fsp3) is 0.375. The van der Waals surface area contributed by atoms with Crippen LogP contribution in [0.5, 0.6) is 11.9 Å². The van der Waals surface area contributed by atoms with E-state index < -0.39 is 0 Å². The van der Waals surface area contributed by atoms with Crippen LogP contribution in [-0.4, -0.2) is 28.8 Å². The van der Waals surface area contributed by atoms with Crippen LogP contribution < -0.4 is 20.5 Å². The number of anilines is 1. The molecule has 7 heteroatoms. The Bertz CT molecular complexity index is 358. The van der Waals surface area contributed by atoms with Gasteiger partial charge >= 0.3 is 6.01 Å². The van der Waals surface area contributed by atoms with E-state index in [-0.39, 0.29) is 11.1 Å². The summed E-state index contributed by atoms with van der Waals surface area (Å²) in [4.78, 5) is 7.94. The van der Waals surface area contributed by atoms with Crippen molar-refractivity contribution in [3.05, 3.63) is 6.20 Å². The number of nitrogens with one attached hydrogen (secondary N) is 1. The second-order valence-corrected chi connectivity index (χ2v) is 2.94. The highest BCUT2D eigenvalue weighted by atomic mass is 32.1. The molecule has 0 saturated carbocycles. The summed E-state index contributed by atoms with van der Waals surface area (Å²) in [6, 6.07) is 0.253. The van der Waals surface area contributed by atoms with Crippen LogP contribution in [0.4, 0.5) is 5.69 Å². The summed E-state index contributed by atoms with van der Waals surface area (Å²) >= 11 is 4.69. The fourth-order valence-electron chi connectivity index (χ4n) is 0.924. The second-order valence-electron chi connectivity index (χ2n) is 2.50. The van der Waals surface area contributed by atoms with Crippen LogP contribution in [0.2, 0.25) is 0 Å². The average Bonchev–Trinajstić information content (AvgIpc) is 2.20. The average molecular weight is 228 g/mol. The third kappa shape index (κ3) is 3.21. The Morgan fingerprint density at radius 2 is 2.40 bits per heavy atom. The monoisotopic (exact) mass is 228 g/mol. The van der Waals surface area contributed by atoms with Crippen LogP contribution in [0.3, 0.4) is 0 Å². The summed E-state index contributed by atoms with van der Waals surface area (Å²) in [6.45, 7) is 2.34. The van der Waals surface area contributed by atoms with E-state index in [1.165, 1.54) is 13.3 Å². The van der Waals surface area contributed by atoms with E-state index in [2.05, 4.69) is 15.3 Å². The molecule has 0 atom stereocenters. The van der Waals surface area contributed by atoms with Crippen LogP contribution >= 0.6 is 12.2 Å². The molecule has 3 N–H and O–H groups in total. The van der Waals surface area contributed by atoms with E-state index >= 15 is 0 Å². The van der Waals surface area contributed by atoms with Gasteiger partial charge in [-0.2, -0.15) is 4.98 Å². The molecule has 1 aromatic heterocycles. The Morgan fingerprint density at radius 1 is 1.67 bits per heavy atom. The maximum absolute atomic E-state index is 5.32. The van der Waals surface area contributed by atoms with Gasteiger partial charge in [-0.05, 0) is 19.1 Å². The third-order valence-electron chi connectivity index (χ3n) is 1.46. The summed E-state index contributed by atoms with van der Waals surface area (Å²) in [5.41, 5.74) is 5.83. The van der Waals surface area contributed by atoms with Crippen molar-refractivity contribution >= 4 is 23.0 Å². The molecule has 0 aromatic carbocycles. The molecular formula is C8H12N4O2S. The van der Waals surface area contributed by atoms with Crippen molar-refractivity contribution < 1.29 is 9.47 Å². The van der Waals surface area contributed by atoms with Crippen molar-refractivity contribution in [2.75, 3.05) is 19.0 Å². The minimum atomic E-state index is 0.126. The number of nitrogens with zero attached hydrogens (tertiary/aromatic N) is 2. The smallest absolute Gasteiger partial charge is 0.319 e. The zero-order chi connectivity index (χ0) is 11.3. The molecule has 0 fully saturated rings. The van der Waals surface area contributed by atoms with Gasteiger partial charge < -0.3 is 20.5 Å². The summed E-state index contributed by atoms with van der Waals surface area (Å²) in [7, 11) is 1.49. The quantitative estimate of drug-likeness (QED) is 0.728. The number of rotatable bonds is 4. The van der Waals surface area contributed by atoms with Gasteiger partial charge in [0.1, 0.15) is 5.69 Å². The highest BCUT2D eigenvalue weighted by molar-refractivity contribution is 7.80. The first-order valence-electron chi connectivity index (χ1n) is 4.27. The fourth-order valence-corrected chi connectivity index (χ4v) is 1.03. The second kappa shape index (κ2) is 5.30. The molecule has 0 aliphatic rings. The van der Waals surface area contributed by atoms with E-state index in [1.807, 2.05) is 6.92 Å². The normalized spacial score (nSPS) is 9.47. The Balaban J connectivity index is 2.92. The van der Waals surface area contributed by atoms with Gasteiger partial charge in [0.15, 0.2) is 5.11 Å². The molecule has 0 radical (unpaired) electrons. The number of thiocarbonyl (C=S) groups is 1. The maximum Gasteiger partial charge on any atom is 0.319 e. The van der Waals surface area contributed by atoms with Crippen LogP contribution in [0.25, 0.3) is 0 Å². The first-order valence-corrected chi connectivity index (χ1v) is 4.68. The summed E-state index contributed by atoms with van der Waals surface area (Å²) in [6.07, 6.45) is 1.50. The molecule has 15 heavy (non-hydrogen) atoms. The molecule has 1 heterocycles. The Morgan fingerprint density at radius 3 is 2.93 bits per heavy atom. The predicted molar refractivity (Wildman–Crippen MR) is 60.2 cm³/mol.